The van der Waals surface area contributed by atoms with Crippen molar-refractivity contribution >= 4 is 28.9 Å². The van der Waals surface area contributed by atoms with E-state index in [0.717, 1.165) is 11.6 Å². The minimum atomic E-state index is -0.553. The van der Waals surface area contributed by atoms with E-state index in [0.29, 0.717) is 5.02 Å². The molecule has 0 amide bonds. The number of benzene rings is 1. The Kier molecular flexibility index (Phi) is 4.19. The van der Waals surface area contributed by atoms with Crippen LogP contribution in [0.15, 0.2) is 36.4 Å². The Bertz CT molecular complexity index is 602. The third kappa shape index (κ3) is 3.81. The van der Waals surface area contributed by atoms with Gasteiger partial charge in [0.2, 0.25) is 5.88 Å². The maximum atomic E-state index is 10.7. The Morgan fingerprint density at radius 2 is 1.89 bits per heavy atom. The number of rotatable bonds is 4. The van der Waals surface area contributed by atoms with E-state index in [-0.39, 0.29) is 23.3 Å². The first kappa shape index (κ1) is 13.6. The summed E-state index contributed by atoms with van der Waals surface area (Å²) in [4.78, 5) is 14.0. The molecule has 1 aromatic carbocycles. The third-order valence-corrected chi connectivity index (χ3v) is 2.71. The Labute approximate surface area is 118 Å². The molecule has 0 fully saturated rings. The van der Waals surface area contributed by atoms with E-state index < -0.39 is 4.92 Å². The molecule has 0 N–H and O–H groups in total. The van der Waals surface area contributed by atoms with Gasteiger partial charge < -0.3 is 4.74 Å². The fraction of sp³-hybridized carbons (Fsp3) is 0.0833. The number of nitro groups is 1. The Morgan fingerprint density at radius 1 is 1.21 bits per heavy atom. The summed E-state index contributed by atoms with van der Waals surface area (Å²) in [6, 6.07) is 9.43. The predicted molar refractivity (Wildman–Crippen MR) is 71.7 cm³/mol. The van der Waals surface area contributed by atoms with E-state index in [4.69, 9.17) is 27.9 Å². The standard InChI is InChI=1S/C12H8Cl2N2O3/c13-9-3-1-8(2-4-9)7-19-12-6-10(16(17)18)5-11(14)15-12/h1-6H,7H2. The zero-order valence-corrected chi connectivity index (χ0v) is 11.1. The molecule has 5 nitrogen and oxygen atoms in total. The molecule has 19 heavy (non-hydrogen) atoms. The van der Waals surface area contributed by atoms with E-state index in [1.165, 1.54) is 6.07 Å². The van der Waals surface area contributed by atoms with Crippen molar-refractivity contribution in [1.82, 2.24) is 4.98 Å². The van der Waals surface area contributed by atoms with Gasteiger partial charge in [-0.05, 0) is 17.7 Å². The van der Waals surface area contributed by atoms with Gasteiger partial charge >= 0.3 is 0 Å². The van der Waals surface area contributed by atoms with E-state index >= 15 is 0 Å². The lowest BCUT2D eigenvalue weighted by molar-refractivity contribution is -0.385. The average Bonchev–Trinajstić information content (AvgIpc) is 2.37. The summed E-state index contributed by atoms with van der Waals surface area (Å²) in [6.45, 7) is 0.224. The van der Waals surface area contributed by atoms with Crippen molar-refractivity contribution in [3.8, 4) is 5.88 Å². The number of ether oxygens (including phenoxy) is 1. The van der Waals surface area contributed by atoms with Crippen molar-refractivity contribution in [2.75, 3.05) is 0 Å². The van der Waals surface area contributed by atoms with Crippen LogP contribution in [0.4, 0.5) is 5.69 Å². The second-order valence-electron chi connectivity index (χ2n) is 3.66. The molecule has 0 radical (unpaired) electrons. The topological polar surface area (TPSA) is 65.3 Å². The fourth-order valence-corrected chi connectivity index (χ4v) is 1.70. The molecule has 1 aromatic heterocycles. The second-order valence-corrected chi connectivity index (χ2v) is 4.48. The Morgan fingerprint density at radius 3 is 2.53 bits per heavy atom. The molecular formula is C12H8Cl2N2O3. The number of nitrogens with zero attached hydrogens (tertiary/aromatic N) is 2. The largest absolute Gasteiger partial charge is 0.473 e. The van der Waals surface area contributed by atoms with Gasteiger partial charge in [-0.15, -0.1) is 0 Å². The quantitative estimate of drug-likeness (QED) is 0.488. The molecule has 0 aliphatic carbocycles. The van der Waals surface area contributed by atoms with Crippen molar-refractivity contribution in [1.29, 1.82) is 0 Å². The van der Waals surface area contributed by atoms with Crippen LogP contribution < -0.4 is 4.74 Å². The lowest BCUT2D eigenvalue weighted by Crippen LogP contribution is -1.98. The first-order valence-corrected chi connectivity index (χ1v) is 5.99. The fourth-order valence-electron chi connectivity index (χ4n) is 1.38. The minimum absolute atomic E-state index is 0.0142. The third-order valence-electron chi connectivity index (χ3n) is 2.27. The smallest absolute Gasteiger partial charge is 0.277 e. The van der Waals surface area contributed by atoms with Crippen LogP contribution in [0, 0.1) is 10.1 Å². The zero-order chi connectivity index (χ0) is 13.8. The van der Waals surface area contributed by atoms with Crippen LogP contribution in [0.2, 0.25) is 10.2 Å². The van der Waals surface area contributed by atoms with E-state index in [1.54, 1.807) is 24.3 Å². The van der Waals surface area contributed by atoms with Crippen molar-refractivity contribution in [3.05, 3.63) is 62.3 Å². The van der Waals surface area contributed by atoms with Crippen LogP contribution in [-0.4, -0.2) is 9.91 Å². The summed E-state index contributed by atoms with van der Waals surface area (Å²) in [5.41, 5.74) is 0.708. The van der Waals surface area contributed by atoms with E-state index in [2.05, 4.69) is 4.98 Å². The monoisotopic (exact) mass is 298 g/mol. The van der Waals surface area contributed by atoms with Gasteiger partial charge in [0.15, 0.2) is 0 Å². The first-order chi connectivity index (χ1) is 9.04. The van der Waals surface area contributed by atoms with Crippen LogP contribution in [0.5, 0.6) is 5.88 Å². The molecule has 2 aromatic rings. The van der Waals surface area contributed by atoms with E-state index in [1.807, 2.05) is 0 Å². The van der Waals surface area contributed by atoms with Crippen molar-refractivity contribution in [2.24, 2.45) is 0 Å². The molecule has 2 rings (SSSR count). The SMILES string of the molecule is O=[N+]([O-])c1cc(Cl)nc(OCc2ccc(Cl)cc2)c1. The Hall–Kier alpha value is -1.85. The van der Waals surface area contributed by atoms with Crippen LogP contribution in [0.25, 0.3) is 0 Å². The van der Waals surface area contributed by atoms with Gasteiger partial charge in [0, 0.05) is 5.02 Å². The highest BCUT2D eigenvalue weighted by molar-refractivity contribution is 6.30. The summed E-state index contributed by atoms with van der Waals surface area (Å²) in [5.74, 6) is 0.106. The normalized spacial score (nSPS) is 10.2. The van der Waals surface area contributed by atoms with Crippen LogP contribution in [0.1, 0.15) is 5.56 Å². The number of pyridine rings is 1. The van der Waals surface area contributed by atoms with Gasteiger partial charge in [-0.2, -0.15) is 0 Å². The maximum Gasteiger partial charge on any atom is 0.277 e. The molecule has 0 bridgehead atoms. The predicted octanol–water partition coefficient (Wildman–Crippen LogP) is 3.88. The van der Waals surface area contributed by atoms with Gasteiger partial charge in [0.25, 0.3) is 5.69 Å². The number of halogens is 2. The summed E-state index contributed by atoms with van der Waals surface area (Å²) in [7, 11) is 0. The summed E-state index contributed by atoms with van der Waals surface area (Å²) < 4.78 is 5.36. The number of aromatic nitrogens is 1. The van der Waals surface area contributed by atoms with Crippen molar-refractivity contribution in [2.45, 2.75) is 6.61 Å². The van der Waals surface area contributed by atoms with Crippen LogP contribution >= 0.6 is 23.2 Å². The Balaban J connectivity index is 2.11. The highest BCUT2D eigenvalue weighted by Crippen LogP contribution is 2.22. The average molecular weight is 299 g/mol. The molecule has 98 valence electrons. The second kappa shape index (κ2) is 5.86. The molecule has 1 heterocycles. The van der Waals surface area contributed by atoms with Gasteiger partial charge in [-0.1, -0.05) is 35.3 Å². The molecular weight excluding hydrogens is 291 g/mol. The molecule has 0 unspecified atom stereocenters. The van der Waals surface area contributed by atoms with Crippen LogP contribution in [0.3, 0.4) is 0 Å². The van der Waals surface area contributed by atoms with Crippen molar-refractivity contribution in [3.63, 3.8) is 0 Å². The zero-order valence-electron chi connectivity index (χ0n) is 9.55. The van der Waals surface area contributed by atoms with Gasteiger partial charge in [-0.25, -0.2) is 4.98 Å². The molecule has 0 aliphatic heterocycles. The lowest BCUT2D eigenvalue weighted by Gasteiger charge is -2.05. The molecule has 0 saturated carbocycles. The summed E-state index contributed by atoms with van der Waals surface area (Å²) in [5, 5.41) is 11.3. The molecule has 0 atom stereocenters. The van der Waals surface area contributed by atoms with Gasteiger partial charge in [0.05, 0.1) is 17.1 Å². The summed E-state index contributed by atoms with van der Waals surface area (Å²) in [6.07, 6.45) is 0. The molecule has 0 aliphatic rings. The highest BCUT2D eigenvalue weighted by Gasteiger charge is 2.11. The first-order valence-electron chi connectivity index (χ1n) is 5.24. The van der Waals surface area contributed by atoms with E-state index in [9.17, 15) is 10.1 Å². The lowest BCUT2D eigenvalue weighted by atomic mass is 10.2. The van der Waals surface area contributed by atoms with Gasteiger partial charge in [-0.3, -0.25) is 10.1 Å². The number of hydrogen-bond acceptors (Lipinski definition) is 4. The number of hydrogen-bond donors (Lipinski definition) is 0. The molecule has 7 heteroatoms. The highest BCUT2D eigenvalue weighted by atomic mass is 35.5. The molecule has 0 saturated heterocycles. The molecule has 0 spiro atoms. The maximum absolute atomic E-state index is 10.7. The van der Waals surface area contributed by atoms with Crippen LogP contribution in [-0.2, 0) is 6.61 Å². The minimum Gasteiger partial charge on any atom is -0.473 e. The van der Waals surface area contributed by atoms with Gasteiger partial charge in [0.1, 0.15) is 11.8 Å². The summed E-state index contributed by atoms with van der Waals surface area (Å²) >= 11 is 11.4. The van der Waals surface area contributed by atoms with Crippen molar-refractivity contribution < 1.29 is 9.66 Å².